The lowest BCUT2D eigenvalue weighted by molar-refractivity contribution is 0.0939. The summed E-state index contributed by atoms with van der Waals surface area (Å²) in [6.45, 7) is 5.49. The molecule has 2 aromatic carbocycles. The largest absolute Gasteiger partial charge is 0.301 e. The Labute approximate surface area is 162 Å². The number of sulfonamides is 1. The van der Waals surface area contributed by atoms with E-state index in [1.807, 2.05) is 70.1 Å². The van der Waals surface area contributed by atoms with Crippen LogP contribution in [0, 0.1) is 5.92 Å². The van der Waals surface area contributed by atoms with Crippen LogP contribution in [-0.2, 0) is 10.0 Å². The summed E-state index contributed by atoms with van der Waals surface area (Å²) in [5, 5.41) is 0. The Bertz CT molecular complexity index is 860. The lowest BCUT2D eigenvalue weighted by Gasteiger charge is -2.31. The van der Waals surface area contributed by atoms with Crippen molar-refractivity contribution in [2.75, 3.05) is 14.1 Å². The second-order valence-electron chi connectivity index (χ2n) is 7.27. The predicted molar refractivity (Wildman–Crippen MR) is 108 cm³/mol. The third-order valence-corrected chi connectivity index (χ3v) is 6.06. The van der Waals surface area contributed by atoms with E-state index in [1.54, 1.807) is 12.1 Å². The van der Waals surface area contributed by atoms with Gasteiger partial charge in [-0.2, -0.15) is 0 Å². The fourth-order valence-electron chi connectivity index (χ4n) is 3.19. The molecule has 0 aliphatic carbocycles. The zero-order chi connectivity index (χ0) is 20.2. The van der Waals surface area contributed by atoms with Gasteiger partial charge in [-0.05, 0) is 38.7 Å². The van der Waals surface area contributed by atoms with Gasteiger partial charge in [0.05, 0.1) is 10.9 Å². The summed E-state index contributed by atoms with van der Waals surface area (Å²) in [6.07, 6.45) is 0. The Hall–Kier alpha value is -2.02. The van der Waals surface area contributed by atoms with Crippen molar-refractivity contribution in [3.8, 4) is 0 Å². The average Bonchev–Trinajstić information content (AvgIpc) is 2.61. The fourth-order valence-corrected chi connectivity index (χ4v) is 4.44. The van der Waals surface area contributed by atoms with Gasteiger partial charge in [0.2, 0.25) is 10.0 Å². The number of carbonyl (C=O) groups excluding carboxylic acids is 1. The number of ketones is 1. The molecular weight excluding hydrogens is 360 g/mol. The van der Waals surface area contributed by atoms with Crippen LogP contribution in [0.3, 0.4) is 0 Å². The summed E-state index contributed by atoms with van der Waals surface area (Å²) in [4.78, 5) is 14.2. The van der Waals surface area contributed by atoms with Crippen molar-refractivity contribution in [1.82, 2.24) is 9.62 Å². The van der Waals surface area contributed by atoms with Gasteiger partial charge in [-0.15, -0.1) is 0 Å². The minimum absolute atomic E-state index is 0.00275. The number of nitrogens with one attached hydrogen (secondary N) is 1. The molecule has 0 aliphatic heterocycles. The molecule has 0 saturated carbocycles. The Morgan fingerprint density at radius 3 is 1.96 bits per heavy atom. The highest BCUT2D eigenvalue weighted by Gasteiger charge is 2.26. The molecule has 5 nitrogen and oxygen atoms in total. The summed E-state index contributed by atoms with van der Waals surface area (Å²) in [5.74, 6) is -0.130. The van der Waals surface area contributed by atoms with E-state index in [-0.39, 0.29) is 28.7 Å². The molecule has 0 bridgehead atoms. The first kappa shape index (κ1) is 21.3. The molecule has 6 heteroatoms. The number of carbonyl (C=O) groups is 1. The van der Waals surface area contributed by atoms with Crippen molar-refractivity contribution in [2.45, 2.75) is 37.8 Å². The van der Waals surface area contributed by atoms with Gasteiger partial charge in [0.25, 0.3) is 0 Å². The van der Waals surface area contributed by atoms with E-state index in [9.17, 15) is 13.2 Å². The maximum absolute atomic E-state index is 12.8. The summed E-state index contributed by atoms with van der Waals surface area (Å²) in [5.41, 5.74) is 1.56. The van der Waals surface area contributed by atoms with Crippen LogP contribution in [0.4, 0.5) is 0 Å². The first-order valence-corrected chi connectivity index (χ1v) is 10.5. The SMILES string of the molecule is CC(C)C(=O)c1ccc(S(=O)(=O)NC(C)C(c2ccccc2)N(C)C)cc1. The first-order valence-electron chi connectivity index (χ1n) is 9.01. The molecule has 2 unspecified atom stereocenters. The van der Waals surface area contributed by atoms with E-state index in [1.165, 1.54) is 12.1 Å². The maximum Gasteiger partial charge on any atom is 0.240 e. The van der Waals surface area contributed by atoms with Crippen LogP contribution in [0.5, 0.6) is 0 Å². The molecule has 0 aliphatic rings. The average molecular weight is 389 g/mol. The molecule has 0 radical (unpaired) electrons. The van der Waals surface area contributed by atoms with Crippen LogP contribution in [0.1, 0.15) is 42.7 Å². The molecule has 2 rings (SSSR count). The minimum atomic E-state index is -3.70. The molecule has 1 N–H and O–H groups in total. The number of benzene rings is 2. The van der Waals surface area contributed by atoms with Gasteiger partial charge in [0.1, 0.15) is 0 Å². The number of rotatable bonds is 8. The van der Waals surface area contributed by atoms with Gasteiger partial charge in [-0.25, -0.2) is 13.1 Å². The minimum Gasteiger partial charge on any atom is -0.301 e. The van der Waals surface area contributed by atoms with Crippen LogP contribution in [0.15, 0.2) is 59.5 Å². The van der Waals surface area contributed by atoms with E-state index in [2.05, 4.69) is 4.72 Å². The molecule has 0 heterocycles. The van der Waals surface area contributed by atoms with Crippen molar-refractivity contribution in [3.63, 3.8) is 0 Å². The first-order chi connectivity index (χ1) is 12.6. The standard InChI is InChI=1S/C21H28N2O3S/c1-15(2)21(24)18-11-13-19(14-12-18)27(25,26)22-16(3)20(23(4)5)17-9-7-6-8-10-17/h6-16,20,22H,1-5H3. The second kappa shape index (κ2) is 8.78. The van der Waals surface area contributed by atoms with E-state index in [0.29, 0.717) is 5.56 Å². The third kappa shape index (κ3) is 5.25. The fraction of sp³-hybridized carbons (Fsp3) is 0.381. The van der Waals surface area contributed by atoms with Crippen LogP contribution in [-0.4, -0.2) is 39.2 Å². The number of likely N-dealkylation sites (N-methyl/N-ethyl adjacent to an activating group) is 1. The van der Waals surface area contributed by atoms with Crippen molar-refractivity contribution >= 4 is 15.8 Å². The van der Waals surface area contributed by atoms with E-state index >= 15 is 0 Å². The van der Waals surface area contributed by atoms with Gasteiger partial charge in [-0.3, -0.25) is 4.79 Å². The molecule has 0 aromatic heterocycles. The van der Waals surface area contributed by atoms with Crippen LogP contribution in [0.25, 0.3) is 0 Å². The Kier molecular flexibility index (Phi) is 6.92. The Balaban J connectivity index is 2.22. The summed E-state index contributed by atoms with van der Waals surface area (Å²) >= 11 is 0. The maximum atomic E-state index is 12.8. The van der Waals surface area contributed by atoms with Crippen molar-refractivity contribution < 1.29 is 13.2 Å². The van der Waals surface area contributed by atoms with Crippen LogP contribution >= 0.6 is 0 Å². The van der Waals surface area contributed by atoms with Crippen molar-refractivity contribution in [3.05, 3.63) is 65.7 Å². The lowest BCUT2D eigenvalue weighted by atomic mass is 10.0. The third-order valence-electron chi connectivity index (χ3n) is 4.49. The van der Waals surface area contributed by atoms with Gasteiger partial charge < -0.3 is 4.90 Å². The lowest BCUT2D eigenvalue weighted by Crippen LogP contribution is -2.42. The molecule has 27 heavy (non-hydrogen) atoms. The molecule has 2 aromatic rings. The van der Waals surface area contributed by atoms with Gasteiger partial charge in [0.15, 0.2) is 5.78 Å². The predicted octanol–water partition coefficient (Wildman–Crippen LogP) is 3.50. The van der Waals surface area contributed by atoms with Gasteiger partial charge in [-0.1, -0.05) is 56.3 Å². The van der Waals surface area contributed by atoms with Crippen LogP contribution < -0.4 is 4.72 Å². The van der Waals surface area contributed by atoms with Crippen molar-refractivity contribution in [1.29, 1.82) is 0 Å². The molecule has 0 amide bonds. The number of hydrogen-bond donors (Lipinski definition) is 1. The van der Waals surface area contributed by atoms with E-state index < -0.39 is 10.0 Å². The zero-order valence-corrected chi connectivity index (χ0v) is 17.3. The molecular formula is C21H28N2O3S. The zero-order valence-electron chi connectivity index (χ0n) is 16.5. The Morgan fingerprint density at radius 2 is 1.48 bits per heavy atom. The van der Waals surface area contributed by atoms with Gasteiger partial charge in [0, 0.05) is 17.5 Å². The summed E-state index contributed by atoms with van der Waals surface area (Å²) in [7, 11) is 0.154. The quantitative estimate of drug-likeness (QED) is 0.703. The molecule has 0 spiro atoms. The number of hydrogen-bond acceptors (Lipinski definition) is 4. The highest BCUT2D eigenvalue weighted by atomic mass is 32.2. The van der Waals surface area contributed by atoms with Crippen molar-refractivity contribution in [2.24, 2.45) is 5.92 Å². The smallest absolute Gasteiger partial charge is 0.240 e. The molecule has 0 saturated heterocycles. The normalized spacial score (nSPS) is 14.3. The van der Waals surface area contributed by atoms with Crippen LogP contribution in [0.2, 0.25) is 0 Å². The number of Topliss-reactive ketones (excluding diaryl/α,β-unsaturated/α-hetero) is 1. The second-order valence-corrected chi connectivity index (χ2v) is 8.99. The number of nitrogens with zero attached hydrogens (tertiary/aromatic N) is 1. The molecule has 146 valence electrons. The van der Waals surface area contributed by atoms with E-state index in [0.717, 1.165) is 5.56 Å². The topological polar surface area (TPSA) is 66.5 Å². The molecule has 0 fully saturated rings. The van der Waals surface area contributed by atoms with E-state index in [4.69, 9.17) is 0 Å². The Morgan fingerprint density at radius 1 is 0.926 bits per heavy atom. The highest BCUT2D eigenvalue weighted by Crippen LogP contribution is 2.23. The monoisotopic (exact) mass is 388 g/mol. The highest BCUT2D eigenvalue weighted by molar-refractivity contribution is 7.89. The molecule has 2 atom stereocenters. The summed E-state index contributed by atoms with van der Waals surface area (Å²) < 4.78 is 28.4. The summed E-state index contributed by atoms with van der Waals surface area (Å²) in [6, 6.07) is 15.5. The van der Waals surface area contributed by atoms with Gasteiger partial charge >= 0.3 is 0 Å².